The van der Waals surface area contributed by atoms with E-state index < -0.39 is 0 Å². The molecule has 0 bridgehead atoms. The van der Waals surface area contributed by atoms with E-state index in [1.165, 1.54) is 11.5 Å². The number of carbonyl (C=O) groups is 1. The molecule has 0 aliphatic carbocycles. The van der Waals surface area contributed by atoms with Crippen molar-refractivity contribution in [1.82, 2.24) is 19.8 Å². The molecule has 20 heavy (non-hydrogen) atoms. The Hall–Kier alpha value is -1.01. The summed E-state index contributed by atoms with van der Waals surface area (Å²) in [5.74, 6) is 0.736. The van der Waals surface area contributed by atoms with Gasteiger partial charge in [0.2, 0.25) is 0 Å². The minimum Gasteiger partial charge on any atom is -0.338 e. The molecule has 2 rings (SSSR count). The van der Waals surface area contributed by atoms with E-state index >= 15 is 0 Å². The molecule has 1 aliphatic heterocycles. The lowest BCUT2D eigenvalue weighted by atomic mass is 9.97. The van der Waals surface area contributed by atoms with Crippen LogP contribution in [0.2, 0.25) is 0 Å². The van der Waals surface area contributed by atoms with Gasteiger partial charge in [0.1, 0.15) is 4.88 Å². The average Bonchev–Trinajstić information content (AvgIpc) is 2.94. The summed E-state index contributed by atoms with van der Waals surface area (Å²) in [6.45, 7) is 7.90. The number of aromatic nitrogens is 2. The van der Waals surface area contributed by atoms with Crippen LogP contribution in [0.15, 0.2) is 0 Å². The van der Waals surface area contributed by atoms with E-state index in [4.69, 9.17) is 0 Å². The maximum Gasteiger partial charge on any atom is 0.267 e. The third-order valence-electron chi connectivity index (χ3n) is 3.84. The van der Waals surface area contributed by atoms with Crippen molar-refractivity contribution in [3.8, 4) is 0 Å². The number of nitrogens with one attached hydrogen (secondary N) is 1. The van der Waals surface area contributed by atoms with E-state index in [-0.39, 0.29) is 5.91 Å². The molecular formula is C14H24N4OS. The van der Waals surface area contributed by atoms with Crippen molar-refractivity contribution in [1.29, 1.82) is 0 Å². The van der Waals surface area contributed by atoms with E-state index in [0.29, 0.717) is 5.92 Å². The summed E-state index contributed by atoms with van der Waals surface area (Å²) in [6, 6.07) is 0. The molecule has 1 aliphatic rings. The molecule has 0 saturated carbocycles. The lowest BCUT2D eigenvalue weighted by Gasteiger charge is -2.29. The van der Waals surface area contributed by atoms with Gasteiger partial charge in [-0.25, -0.2) is 0 Å². The van der Waals surface area contributed by atoms with Crippen LogP contribution in [0.3, 0.4) is 0 Å². The first-order valence-electron chi connectivity index (χ1n) is 7.57. The molecule has 1 saturated heterocycles. The van der Waals surface area contributed by atoms with Gasteiger partial charge in [0.15, 0.2) is 0 Å². The van der Waals surface area contributed by atoms with Crippen LogP contribution in [-0.4, -0.2) is 46.6 Å². The van der Waals surface area contributed by atoms with Gasteiger partial charge >= 0.3 is 0 Å². The van der Waals surface area contributed by atoms with Crippen molar-refractivity contribution in [2.24, 2.45) is 5.92 Å². The molecule has 1 N–H and O–H groups in total. The van der Waals surface area contributed by atoms with E-state index in [0.717, 1.165) is 62.4 Å². The van der Waals surface area contributed by atoms with Gasteiger partial charge in [0, 0.05) is 13.1 Å². The lowest BCUT2D eigenvalue weighted by molar-refractivity contribution is 0.0730. The Morgan fingerprint density at radius 3 is 2.80 bits per heavy atom. The second-order valence-electron chi connectivity index (χ2n) is 5.34. The fourth-order valence-corrected chi connectivity index (χ4v) is 3.32. The molecule has 1 fully saturated rings. The van der Waals surface area contributed by atoms with Crippen LogP contribution in [0, 0.1) is 5.92 Å². The summed E-state index contributed by atoms with van der Waals surface area (Å²) in [4.78, 5) is 15.3. The fraction of sp³-hybridized carbons (Fsp3) is 0.786. The summed E-state index contributed by atoms with van der Waals surface area (Å²) in [7, 11) is 0. The van der Waals surface area contributed by atoms with Crippen molar-refractivity contribution in [2.45, 2.75) is 39.5 Å². The summed E-state index contributed by atoms with van der Waals surface area (Å²) in [6.07, 6.45) is 4.15. The highest BCUT2D eigenvalue weighted by Crippen LogP contribution is 2.19. The topological polar surface area (TPSA) is 58.1 Å². The van der Waals surface area contributed by atoms with Gasteiger partial charge in [-0.1, -0.05) is 17.8 Å². The number of hydrogen-bond donors (Lipinski definition) is 1. The Morgan fingerprint density at radius 1 is 1.40 bits per heavy atom. The largest absolute Gasteiger partial charge is 0.338 e. The monoisotopic (exact) mass is 296 g/mol. The SMILES string of the molecule is CCCc1nnsc1C(=O)N(CC)CC1CCNCC1. The van der Waals surface area contributed by atoms with E-state index in [2.05, 4.69) is 21.8 Å². The Bertz CT molecular complexity index is 429. The van der Waals surface area contributed by atoms with Crippen molar-refractivity contribution in [2.75, 3.05) is 26.2 Å². The Balaban J connectivity index is 2.02. The molecule has 0 spiro atoms. The van der Waals surface area contributed by atoms with Crippen LogP contribution >= 0.6 is 11.5 Å². The zero-order valence-corrected chi connectivity index (χ0v) is 13.2. The van der Waals surface area contributed by atoms with Gasteiger partial charge in [-0.15, -0.1) is 5.10 Å². The number of rotatable bonds is 6. The van der Waals surface area contributed by atoms with Gasteiger partial charge in [0.25, 0.3) is 5.91 Å². The second kappa shape index (κ2) is 7.69. The Morgan fingerprint density at radius 2 is 2.15 bits per heavy atom. The van der Waals surface area contributed by atoms with Crippen molar-refractivity contribution < 1.29 is 4.79 Å². The van der Waals surface area contributed by atoms with Crippen LogP contribution in [0.25, 0.3) is 0 Å². The van der Waals surface area contributed by atoms with Crippen molar-refractivity contribution in [3.63, 3.8) is 0 Å². The zero-order valence-electron chi connectivity index (χ0n) is 12.4. The maximum absolute atomic E-state index is 12.6. The van der Waals surface area contributed by atoms with Crippen molar-refractivity contribution in [3.05, 3.63) is 10.6 Å². The smallest absolute Gasteiger partial charge is 0.267 e. The molecule has 2 heterocycles. The van der Waals surface area contributed by atoms with Crippen LogP contribution in [0.4, 0.5) is 0 Å². The molecule has 1 aromatic rings. The van der Waals surface area contributed by atoms with Crippen molar-refractivity contribution >= 4 is 17.4 Å². The molecule has 1 aromatic heterocycles. The molecule has 6 heteroatoms. The molecular weight excluding hydrogens is 272 g/mol. The number of nitrogens with zero attached hydrogens (tertiary/aromatic N) is 3. The lowest BCUT2D eigenvalue weighted by Crippen LogP contribution is -2.39. The van der Waals surface area contributed by atoms with E-state index in [1.807, 2.05) is 11.8 Å². The Kier molecular flexibility index (Phi) is 5.91. The minimum atomic E-state index is 0.115. The Labute approximate surface area is 124 Å². The number of hydrogen-bond acceptors (Lipinski definition) is 5. The highest BCUT2D eigenvalue weighted by molar-refractivity contribution is 7.08. The molecule has 0 atom stereocenters. The third-order valence-corrected chi connectivity index (χ3v) is 4.60. The molecule has 112 valence electrons. The van der Waals surface area contributed by atoms with Crippen LogP contribution in [0.5, 0.6) is 0 Å². The first-order valence-corrected chi connectivity index (χ1v) is 8.34. The first kappa shape index (κ1) is 15.4. The quantitative estimate of drug-likeness (QED) is 0.872. The molecule has 1 amide bonds. The predicted molar refractivity (Wildman–Crippen MR) is 81.1 cm³/mol. The maximum atomic E-state index is 12.6. The zero-order chi connectivity index (χ0) is 14.4. The predicted octanol–water partition coefficient (Wildman–Crippen LogP) is 1.95. The summed E-state index contributed by atoms with van der Waals surface area (Å²) >= 11 is 1.24. The number of piperidine rings is 1. The van der Waals surface area contributed by atoms with E-state index in [9.17, 15) is 4.79 Å². The highest BCUT2D eigenvalue weighted by atomic mass is 32.1. The van der Waals surface area contributed by atoms with Gasteiger partial charge in [0.05, 0.1) is 5.69 Å². The van der Waals surface area contributed by atoms with Gasteiger partial charge in [-0.05, 0) is 56.7 Å². The molecule has 0 unspecified atom stereocenters. The summed E-state index contributed by atoms with van der Waals surface area (Å²) in [5, 5.41) is 7.47. The summed E-state index contributed by atoms with van der Waals surface area (Å²) in [5.41, 5.74) is 0.867. The average molecular weight is 296 g/mol. The summed E-state index contributed by atoms with van der Waals surface area (Å²) < 4.78 is 3.96. The third kappa shape index (κ3) is 3.76. The molecule has 5 nitrogen and oxygen atoms in total. The van der Waals surface area contributed by atoms with Gasteiger partial charge < -0.3 is 10.2 Å². The van der Waals surface area contributed by atoms with Crippen LogP contribution < -0.4 is 5.32 Å². The second-order valence-corrected chi connectivity index (χ2v) is 6.09. The normalized spacial score (nSPS) is 16.3. The molecule has 0 aromatic carbocycles. The van der Waals surface area contributed by atoms with Crippen LogP contribution in [-0.2, 0) is 6.42 Å². The fourth-order valence-electron chi connectivity index (χ4n) is 2.65. The standard InChI is InChI=1S/C14H24N4OS/c1-3-5-12-13(20-17-16-12)14(19)18(4-2)10-11-6-8-15-9-7-11/h11,15H,3-10H2,1-2H3. The van der Waals surface area contributed by atoms with Crippen LogP contribution in [0.1, 0.15) is 48.5 Å². The number of aryl methyl sites for hydroxylation is 1. The van der Waals surface area contributed by atoms with Gasteiger partial charge in [-0.3, -0.25) is 4.79 Å². The number of amides is 1. The molecule has 0 radical (unpaired) electrons. The number of carbonyl (C=O) groups excluding carboxylic acids is 1. The first-order chi connectivity index (χ1) is 9.76. The van der Waals surface area contributed by atoms with Gasteiger partial charge in [-0.2, -0.15) is 0 Å². The van der Waals surface area contributed by atoms with E-state index in [1.54, 1.807) is 0 Å². The minimum absolute atomic E-state index is 0.115. The highest BCUT2D eigenvalue weighted by Gasteiger charge is 2.24.